The topological polar surface area (TPSA) is 38.2 Å². The van der Waals surface area contributed by atoms with E-state index in [2.05, 4.69) is 22.0 Å². The van der Waals surface area contributed by atoms with Crippen LogP contribution in [0, 0.1) is 0 Å². The number of nitrogens with zero attached hydrogens (tertiary/aromatic N) is 3. The van der Waals surface area contributed by atoms with Gasteiger partial charge in [-0.3, -0.25) is 0 Å². The Hall–Kier alpha value is -1.17. The molecule has 1 unspecified atom stereocenters. The van der Waals surface area contributed by atoms with E-state index in [1.807, 2.05) is 24.3 Å². The van der Waals surface area contributed by atoms with Crippen molar-refractivity contribution in [3.05, 3.63) is 29.3 Å². The van der Waals surface area contributed by atoms with E-state index in [4.69, 9.17) is 16.3 Å². The number of anilines is 1. The molecule has 0 spiro atoms. The summed E-state index contributed by atoms with van der Waals surface area (Å²) in [5.41, 5.74) is 0.939. The van der Waals surface area contributed by atoms with E-state index in [9.17, 15) is 0 Å². The molecule has 1 aliphatic rings. The smallest absolute Gasteiger partial charge is 0.208 e. The maximum atomic E-state index is 6.18. The van der Waals surface area contributed by atoms with Gasteiger partial charge in [-0.05, 0) is 13.0 Å². The van der Waals surface area contributed by atoms with Crippen LogP contribution in [0.15, 0.2) is 24.3 Å². The van der Waals surface area contributed by atoms with E-state index in [1.54, 1.807) is 11.3 Å². The van der Waals surface area contributed by atoms with Gasteiger partial charge in [-0.2, -0.15) is 0 Å². The zero-order valence-corrected chi connectivity index (χ0v) is 12.1. The molecular weight excluding hydrogens is 282 g/mol. The van der Waals surface area contributed by atoms with E-state index in [0.717, 1.165) is 35.4 Å². The highest BCUT2D eigenvalue weighted by Crippen LogP contribution is 2.33. The summed E-state index contributed by atoms with van der Waals surface area (Å²) < 4.78 is 5.53. The summed E-state index contributed by atoms with van der Waals surface area (Å²) >= 11 is 7.75. The third-order valence-electron chi connectivity index (χ3n) is 3.03. The first kappa shape index (κ1) is 12.8. The summed E-state index contributed by atoms with van der Waals surface area (Å²) in [7, 11) is 0. The maximum Gasteiger partial charge on any atom is 0.208 e. The lowest BCUT2D eigenvalue weighted by Gasteiger charge is -2.30. The number of benzene rings is 1. The molecule has 100 valence electrons. The van der Waals surface area contributed by atoms with E-state index < -0.39 is 0 Å². The molecule has 0 aliphatic carbocycles. The number of morpholine rings is 1. The molecule has 19 heavy (non-hydrogen) atoms. The Bertz CT molecular complexity index is 575. The number of aromatic nitrogens is 2. The number of rotatable bonds is 2. The zero-order chi connectivity index (χ0) is 13.2. The molecule has 1 aromatic carbocycles. The minimum atomic E-state index is 0.237. The van der Waals surface area contributed by atoms with E-state index in [-0.39, 0.29) is 6.10 Å². The van der Waals surface area contributed by atoms with Crippen molar-refractivity contribution < 1.29 is 4.74 Å². The molecule has 4 nitrogen and oxygen atoms in total. The fourth-order valence-electron chi connectivity index (χ4n) is 2.08. The van der Waals surface area contributed by atoms with Crippen molar-refractivity contribution in [2.75, 3.05) is 24.6 Å². The van der Waals surface area contributed by atoms with Crippen LogP contribution in [0.4, 0.5) is 5.13 Å². The molecule has 0 radical (unpaired) electrons. The minimum Gasteiger partial charge on any atom is -0.375 e. The Balaban J connectivity index is 1.85. The summed E-state index contributed by atoms with van der Waals surface area (Å²) in [5, 5.41) is 11.0. The lowest BCUT2D eigenvalue weighted by atomic mass is 10.2. The Labute approximate surface area is 121 Å². The van der Waals surface area contributed by atoms with Crippen LogP contribution in [0.25, 0.3) is 10.6 Å². The lowest BCUT2D eigenvalue weighted by Crippen LogP contribution is -2.41. The standard InChI is InChI=1S/C13H14ClN3OS/c1-9-8-17(6-7-18-9)13-16-15-12(19-13)10-4-2-3-5-11(10)14/h2-5,9H,6-8H2,1H3. The van der Waals surface area contributed by atoms with Crippen LogP contribution in [0.3, 0.4) is 0 Å². The molecule has 0 N–H and O–H groups in total. The van der Waals surface area contributed by atoms with Crippen LogP contribution in [0.1, 0.15) is 6.92 Å². The van der Waals surface area contributed by atoms with Crippen molar-refractivity contribution in [2.24, 2.45) is 0 Å². The van der Waals surface area contributed by atoms with Gasteiger partial charge in [0.05, 0.1) is 17.7 Å². The van der Waals surface area contributed by atoms with E-state index in [1.165, 1.54) is 0 Å². The summed E-state index contributed by atoms with van der Waals surface area (Å²) in [6.45, 7) is 4.53. The first-order valence-electron chi connectivity index (χ1n) is 6.19. The maximum absolute atomic E-state index is 6.18. The summed E-state index contributed by atoms with van der Waals surface area (Å²) in [4.78, 5) is 2.21. The largest absolute Gasteiger partial charge is 0.375 e. The van der Waals surface area contributed by atoms with E-state index >= 15 is 0 Å². The molecule has 2 heterocycles. The molecule has 0 bridgehead atoms. The summed E-state index contributed by atoms with van der Waals surface area (Å²) in [6.07, 6.45) is 0.237. The number of hydrogen-bond donors (Lipinski definition) is 0. The predicted molar refractivity (Wildman–Crippen MR) is 78.0 cm³/mol. The van der Waals surface area contributed by atoms with Crippen molar-refractivity contribution in [1.82, 2.24) is 10.2 Å². The highest BCUT2D eigenvalue weighted by molar-refractivity contribution is 7.18. The van der Waals surface area contributed by atoms with Gasteiger partial charge in [-0.1, -0.05) is 41.1 Å². The molecule has 0 saturated carbocycles. The molecule has 1 aromatic heterocycles. The second-order valence-corrected chi connectivity index (χ2v) is 5.86. The van der Waals surface area contributed by atoms with Gasteiger partial charge in [0, 0.05) is 18.7 Å². The molecule has 1 fully saturated rings. The van der Waals surface area contributed by atoms with Crippen molar-refractivity contribution in [2.45, 2.75) is 13.0 Å². The monoisotopic (exact) mass is 295 g/mol. The molecule has 0 amide bonds. The van der Waals surface area contributed by atoms with Gasteiger partial charge in [0.2, 0.25) is 5.13 Å². The normalized spacial score (nSPS) is 19.7. The second kappa shape index (κ2) is 5.45. The first-order chi connectivity index (χ1) is 9.24. The third-order valence-corrected chi connectivity index (χ3v) is 4.38. The molecule has 1 atom stereocenters. The van der Waals surface area contributed by atoms with Crippen LogP contribution >= 0.6 is 22.9 Å². The fraction of sp³-hybridized carbons (Fsp3) is 0.385. The first-order valence-corrected chi connectivity index (χ1v) is 7.38. The Kier molecular flexibility index (Phi) is 3.68. The van der Waals surface area contributed by atoms with Crippen LogP contribution in [0.2, 0.25) is 5.02 Å². The van der Waals surface area contributed by atoms with Crippen molar-refractivity contribution in [3.8, 4) is 10.6 Å². The van der Waals surface area contributed by atoms with Crippen molar-refractivity contribution in [1.29, 1.82) is 0 Å². The quantitative estimate of drug-likeness (QED) is 0.853. The number of hydrogen-bond acceptors (Lipinski definition) is 5. The van der Waals surface area contributed by atoms with Crippen LogP contribution in [-0.4, -0.2) is 36.0 Å². The molecule has 1 saturated heterocycles. The minimum absolute atomic E-state index is 0.237. The third kappa shape index (κ3) is 2.73. The number of halogens is 1. The molecular formula is C13H14ClN3OS. The van der Waals surface area contributed by atoms with Crippen molar-refractivity contribution >= 4 is 28.1 Å². The van der Waals surface area contributed by atoms with Gasteiger partial charge >= 0.3 is 0 Å². The average molecular weight is 296 g/mol. The Morgan fingerprint density at radius 2 is 2.21 bits per heavy atom. The highest BCUT2D eigenvalue weighted by Gasteiger charge is 2.20. The Morgan fingerprint density at radius 3 is 3.00 bits per heavy atom. The molecule has 6 heteroatoms. The summed E-state index contributed by atoms with van der Waals surface area (Å²) in [6, 6.07) is 7.71. The van der Waals surface area contributed by atoms with Crippen LogP contribution in [0.5, 0.6) is 0 Å². The average Bonchev–Trinajstić information content (AvgIpc) is 2.89. The van der Waals surface area contributed by atoms with Crippen LogP contribution < -0.4 is 4.90 Å². The number of ether oxygens (including phenoxy) is 1. The van der Waals surface area contributed by atoms with Crippen molar-refractivity contribution in [3.63, 3.8) is 0 Å². The molecule has 2 aromatic rings. The SMILES string of the molecule is CC1CN(c2nnc(-c3ccccc3Cl)s2)CCO1. The predicted octanol–water partition coefficient (Wildman–Crippen LogP) is 3.08. The Morgan fingerprint density at radius 1 is 1.37 bits per heavy atom. The second-order valence-electron chi connectivity index (χ2n) is 4.50. The lowest BCUT2D eigenvalue weighted by molar-refractivity contribution is 0.0532. The summed E-state index contributed by atoms with van der Waals surface area (Å²) in [5.74, 6) is 0. The van der Waals surface area contributed by atoms with Gasteiger partial charge in [-0.15, -0.1) is 10.2 Å². The van der Waals surface area contributed by atoms with Crippen LogP contribution in [-0.2, 0) is 4.74 Å². The fourth-order valence-corrected chi connectivity index (χ4v) is 3.28. The van der Waals surface area contributed by atoms with Gasteiger partial charge in [0.25, 0.3) is 0 Å². The molecule has 1 aliphatic heterocycles. The molecule has 3 rings (SSSR count). The van der Waals surface area contributed by atoms with Gasteiger partial charge in [0.15, 0.2) is 5.01 Å². The van der Waals surface area contributed by atoms with Gasteiger partial charge in [0.1, 0.15) is 0 Å². The van der Waals surface area contributed by atoms with Gasteiger partial charge in [-0.25, -0.2) is 0 Å². The zero-order valence-electron chi connectivity index (χ0n) is 10.5. The highest BCUT2D eigenvalue weighted by atomic mass is 35.5. The van der Waals surface area contributed by atoms with E-state index in [0.29, 0.717) is 5.02 Å². The van der Waals surface area contributed by atoms with Gasteiger partial charge < -0.3 is 9.64 Å².